The number of thioether (sulfide) groups is 1. The number of hydrogen-bond donors (Lipinski definition) is 1. The third kappa shape index (κ3) is 4.14. The molecular weight excluding hydrogens is 310 g/mol. The monoisotopic (exact) mass is 327 g/mol. The molecule has 1 aliphatic rings. The van der Waals surface area contributed by atoms with Crippen LogP contribution in [-0.4, -0.2) is 40.7 Å². The largest absolute Gasteiger partial charge is 0.481 e. The van der Waals surface area contributed by atoms with Crippen molar-refractivity contribution in [1.29, 1.82) is 0 Å². The van der Waals surface area contributed by atoms with Gasteiger partial charge in [-0.1, -0.05) is 23.7 Å². The van der Waals surface area contributed by atoms with Gasteiger partial charge in [-0.25, -0.2) is 0 Å². The summed E-state index contributed by atoms with van der Waals surface area (Å²) in [5, 5.41) is 9.86. The van der Waals surface area contributed by atoms with Crippen molar-refractivity contribution in [2.45, 2.75) is 19.1 Å². The molecule has 1 fully saturated rings. The SMILES string of the molecule is CC1(C(=O)O)CCN(C(=O)CSCc2cccc(Cl)c2)C1. The Kier molecular flexibility index (Phi) is 5.17. The summed E-state index contributed by atoms with van der Waals surface area (Å²) in [6.45, 7) is 2.53. The van der Waals surface area contributed by atoms with Gasteiger partial charge in [-0.15, -0.1) is 11.8 Å². The summed E-state index contributed by atoms with van der Waals surface area (Å²) in [4.78, 5) is 24.9. The van der Waals surface area contributed by atoms with Crippen molar-refractivity contribution < 1.29 is 14.7 Å². The topological polar surface area (TPSA) is 57.6 Å². The number of carboxylic acid groups (broad SMARTS) is 1. The van der Waals surface area contributed by atoms with E-state index < -0.39 is 11.4 Å². The van der Waals surface area contributed by atoms with Gasteiger partial charge >= 0.3 is 5.97 Å². The second-order valence-electron chi connectivity index (χ2n) is 5.55. The Balaban J connectivity index is 1.79. The molecule has 1 saturated heterocycles. The number of nitrogens with zero attached hydrogens (tertiary/aromatic N) is 1. The standard InChI is InChI=1S/C15H18ClNO3S/c1-15(14(19)20)5-6-17(10-15)13(18)9-21-8-11-3-2-4-12(16)7-11/h2-4,7H,5-6,8-10H2,1H3,(H,19,20). The summed E-state index contributed by atoms with van der Waals surface area (Å²) in [6.07, 6.45) is 0.521. The zero-order valence-electron chi connectivity index (χ0n) is 11.8. The summed E-state index contributed by atoms with van der Waals surface area (Å²) in [6, 6.07) is 7.56. The van der Waals surface area contributed by atoms with E-state index >= 15 is 0 Å². The molecule has 0 radical (unpaired) electrons. The van der Waals surface area contributed by atoms with E-state index in [1.54, 1.807) is 11.8 Å². The van der Waals surface area contributed by atoms with Crippen molar-refractivity contribution in [3.05, 3.63) is 34.9 Å². The van der Waals surface area contributed by atoms with Gasteiger partial charge < -0.3 is 10.0 Å². The molecule has 0 aliphatic carbocycles. The molecule has 21 heavy (non-hydrogen) atoms. The van der Waals surface area contributed by atoms with Crippen LogP contribution in [0.5, 0.6) is 0 Å². The Morgan fingerprint density at radius 1 is 1.48 bits per heavy atom. The third-order valence-corrected chi connectivity index (χ3v) is 4.95. The fourth-order valence-corrected chi connectivity index (χ4v) is 3.41. The highest BCUT2D eigenvalue weighted by molar-refractivity contribution is 7.99. The molecule has 0 aromatic heterocycles. The Hall–Kier alpha value is -1.20. The van der Waals surface area contributed by atoms with Gasteiger partial charge in [-0.05, 0) is 31.0 Å². The molecule has 1 N–H and O–H groups in total. The number of hydrogen-bond acceptors (Lipinski definition) is 3. The number of likely N-dealkylation sites (tertiary alicyclic amines) is 1. The highest BCUT2D eigenvalue weighted by Gasteiger charge is 2.41. The van der Waals surface area contributed by atoms with Gasteiger partial charge in [0.05, 0.1) is 11.2 Å². The molecule has 0 saturated carbocycles. The molecule has 2 rings (SSSR count). The quantitative estimate of drug-likeness (QED) is 0.903. The molecule has 1 aliphatic heterocycles. The number of halogens is 1. The molecule has 4 nitrogen and oxygen atoms in total. The van der Waals surface area contributed by atoms with Crippen molar-refractivity contribution in [3.63, 3.8) is 0 Å². The van der Waals surface area contributed by atoms with Crippen molar-refractivity contribution in [2.75, 3.05) is 18.8 Å². The lowest BCUT2D eigenvalue weighted by atomic mass is 9.90. The van der Waals surface area contributed by atoms with Crippen LogP contribution in [0.1, 0.15) is 18.9 Å². The molecule has 0 spiro atoms. The minimum Gasteiger partial charge on any atom is -0.481 e. The number of benzene rings is 1. The predicted octanol–water partition coefficient (Wildman–Crippen LogP) is 2.90. The predicted molar refractivity (Wildman–Crippen MR) is 84.6 cm³/mol. The van der Waals surface area contributed by atoms with Gasteiger partial charge in [0, 0.05) is 23.9 Å². The number of carbonyl (C=O) groups is 2. The summed E-state index contributed by atoms with van der Waals surface area (Å²) >= 11 is 7.43. The molecule has 1 amide bonds. The zero-order chi connectivity index (χ0) is 15.5. The van der Waals surface area contributed by atoms with Gasteiger partial charge in [-0.2, -0.15) is 0 Å². The first-order valence-corrected chi connectivity index (χ1v) is 8.27. The van der Waals surface area contributed by atoms with Crippen molar-refractivity contribution in [2.24, 2.45) is 5.41 Å². The van der Waals surface area contributed by atoms with E-state index in [4.69, 9.17) is 16.7 Å². The first kappa shape index (κ1) is 16.2. The fourth-order valence-electron chi connectivity index (χ4n) is 2.32. The molecule has 1 atom stereocenters. The molecule has 1 unspecified atom stereocenters. The molecule has 6 heteroatoms. The first-order valence-electron chi connectivity index (χ1n) is 6.74. The number of aliphatic carboxylic acids is 1. The molecule has 1 heterocycles. The maximum Gasteiger partial charge on any atom is 0.311 e. The Labute approximate surface area is 133 Å². The van der Waals surface area contributed by atoms with Crippen LogP contribution in [0.2, 0.25) is 5.02 Å². The average Bonchev–Trinajstić information content (AvgIpc) is 2.83. The lowest BCUT2D eigenvalue weighted by Gasteiger charge is -2.20. The summed E-state index contributed by atoms with van der Waals surface area (Å²) < 4.78 is 0. The Morgan fingerprint density at radius 2 is 2.24 bits per heavy atom. The number of carbonyl (C=O) groups excluding carboxylic acids is 1. The maximum atomic E-state index is 12.1. The van der Waals surface area contributed by atoms with E-state index in [2.05, 4.69) is 0 Å². The zero-order valence-corrected chi connectivity index (χ0v) is 13.4. The van der Waals surface area contributed by atoms with E-state index in [1.807, 2.05) is 24.3 Å². The van der Waals surface area contributed by atoms with Crippen LogP contribution in [0.3, 0.4) is 0 Å². The molecule has 1 aromatic rings. The highest BCUT2D eigenvalue weighted by atomic mass is 35.5. The highest BCUT2D eigenvalue weighted by Crippen LogP contribution is 2.30. The van der Waals surface area contributed by atoms with E-state index in [0.717, 1.165) is 11.3 Å². The average molecular weight is 328 g/mol. The first-order chi connectivity index (χ1) is 9.90. The van der Waals surface area contributed by atoms with E-state index in [1.165, 1.54) is 11.8 Å². The van der Waals surface area contributed by atoms with E-state index in [0.29, 0.717) is 30.3 Å². The van der Waals surface area contributed by atoms with Crippen molar-refractivity contribution in [1.82, 2.24) is 4.90 Å². The van der Waals surface area contributed by atoms with E-state index in [9.17, 15) is 9.59 Å². The lowest BCUT2D eigenvalue weighted by molar-refractivity contribution is -0.147. The second-order valence-corrected chi connectivity index (χ2v) is 6.98. The summed E-state index contributed by atoms with van der Waals surface area (Å²) in [5.41, 5.74) is 0.282. The van der Waals surface area contributed by atoms with Gasteiger partial charge in [0.2, 0.25) is 5.91 Å². The smallest absolute Gasteiger partial charge is 0.311 e. The van der Waals surface area contributed by atoms with Gasteiger partial charge in [-0.3, -0.25) is 9.59 Å². The normalized spacial score (nSPS) is 21.5. The summed E-state index contributed by atoms with van der Waals surface area (Å²) in [7, 11) is 0. The second kappa shape index (κ2) is 6.71. The lowest BCUT2D eigenvalue weighted by Crippen LogP contribution is -2.35. The van der Waals surface area contributed by atoms with Crippen LogP contribution < -0.4 is 0 Å². The minimum absolute atomic E-state index is 0.00648. The van der Waals surface area contributed by atoms with Crippen molar-refractivity contribution >= 4 is 35.2 Å². The Bertz CT molecular complexity index is 551. The maximum absolute atomic E-state index is 12.1. The number of rotatable bonds is 5. The van der Waals surface area contributed by atoms with Gasteiger partial charge in [0.15, 0.2) is 0 Å². The Morgan fingerprint density at radius 3 is 2.86 bits per heavy atom. The van der Waals surface area contributed by atoms with Crippen LogP contribution in [0.4, 0.5) is 0 Å². The third-order valence-electron chi connectivity index (χ3n) is 3.73. The summed E-state index contributed by atoms with van der Waals surface area (Å²) in [5.74, 6) is 0.259. The number of carboxylic acids is 1. The van der Waals surface area contributed by atoms with Crippen LogP contribution >= 0.6 is 23.4 Å². The van der Waals surface area contributed by atoms with Crippen LogP contribution in [0, 0.1) is 5.41 Å². The molecular formula is C15H18ClNO3S. The fraction of sp³-hybridized carbons (Fsp3) is 0.467. The molecule has 0 bridgehead atoms. The number of amides is 1. The van der Waals surface area contributed by atoms with Crippen LogP contribution in [-0.2, 0) is 15.3 Å². The van der Waals surface area contributed by atoms with E-state index in [-0.39, 0.29) is 5.91 Å². The minimum atomic E-state index is -0.829. The molecule has 1 aromatic carbocycles. The van der Waals surface area contributed by atoms with Crippen LogP contribution in [0.15, 0.2) is 24.3 Å². The van der Waals surface area contributed by atoms with Gasteiger partial charge in [0.1, 0.15) is 0 Å². The molecule has 114 valence electrons. The van der Waals surface area contributed by atoms with Crippen LogP contribution in [0.25, 0.3) is 0 Å². The van der Waals surface area contributed by atoms with Gasteiger partial charge in [0.25, 0.3) is 0 Å². The van der Waals surface area contributed by atoms with Crippen molar-refractivity contribution in [3.8, 4) is 0 Å².